The van der Waals surface area contributed by atoms with Gasteiger partial charge in [0.15, 0.2) is 5.78 Å². The van der Waals surface area contributed by atoms with Gasteiger partial charge in [0.1, 0.15) is 6.04 Å². The molecule has 0 spiro atoms. The van der Waals surface area contributed by atoms with E-state index in [9.17, 15) is 24.0 Å². The highest BCUT2D eigenvalue weighted by Gasteiger charge is 2.24. The van der Waals surface area contributed by atoms with Gasteiger partial charge in [0.05, 0.1) is 6.04 Å². The zero-order valence-electron chi connectivity index (χ0n) is 33.8. The molecule has 0 fully saturated rings. The SMILES string of the molecule is CC.CC.CC.CC.CCCCCC(=O)NCCCCC(NC(=O)C(CCCCNC(=O)CCCCC)NC(=O)CCCCC)C(C)=O. The molecule has 2 unspecified atom stereocenters. The molecule has 9 heteroatoms. The van der Waals surface area contributed by atoms with Crippen LogP contribution in [0.3, 0.4) is 0 Å². The second kappa shape index (κ2) is 46.7. The minimum absolute atomic E-state index is 0.0485. The first kappa shape index (κ1) is 55.0. The molecule has 0 aromatic carbocycles. The van der Waals surface area contributed by atoms with Crippen molar-refractivity contribution in [3.63, 3.8) is 0 Å². The van der Waals surface area contributed by atoms with Crippen LogP contribution in [0.15, 0.2) is 0 Å². The van der Waals surface area contributed by atoms with E-state index >= 15 is 0 Å². The highest BCUT2D eigenvalue weighted by Crippen LogP contribution is 2.08. The fourth-order valence-electron chi connectivity index (χ4n) is 4.37. The molecule has 0 saturated heterocycles. The summed E-state index contributed by atoms with van der Waals surface area (Å²) in [6, 6.07) is -1.35. The molecule has 0 rings (SSSR count). The number of carbonyl (C=O) groups excluding carboxylic acids is 5. The predicted octanol–water partition coefficient (Wildman–Crippen LogP) is 8.96. The molecule has 4 N–H and O–H groups in total. The second-order valence-electron chi connectivity index (χ2n) is 10.9. The van der Waals surface area contributed by atoms with Crippen molar-refractivity contribution >= 4 is 29.4 Å². The molecule has 0 radical (unpaired) electrons. The zero-order chi connectivity index (χ0) is 38.0. The maximum atomic E-state index is 13.1. The van der Waals surface area contributed by atoms with Gasteiger partial charge in [0, 0.05) is 32.4 Å². The van der Waals surface area contributed by atoms with Crippen LogP contribution in [-0.4, -0.2) is 54.6 Å². The monoisotopic (exact) mass is 687 g/mol. The van der Waals surface area contributed by atoms with Gasteiger partial charge < -0.3 is 21.3 Å². The van der Waals surface area contributed by atoms with Crippen LogP contribution in [0.2, 0.25) is 0 Å². The van der Waals surface area contributed by atoms with Crippen molar-refractivity contribution in [2.75, 3.05) is 13.1 Å². The third-order valence-corrected chi connectivity index (χ3v) is 6.96. The highest BCUT2D eigenvalue weighted by molar-refractivity contribution is 5.92. The summed E-state index contributed by atoms with van der Waals surface area (Å²) in [6.45, 7) is 24.8. The maximum Gasteiger partial charge on any atom is 0.243 e. The summed E-state index contributed by atoms with van der Waals surface area (Å²) < 4.78 is 0. The van der Waals surface area contributed by atoms with Crippen molar-refractivity contribution in [3.05, 3.63) is 0 Å². The molecule has 9 nitrogen and oxygen atoms in total. The summed E-state index contributed by atoms with van der Waals surface area (Å²) in [6.07, 6.45) is 13.9. The molecule has 0 aliphatic heterocycles. The van der Waals surface area contributed by atoms with Gasteiger partial charge in [0.25, 0.3) is 0 Å². The Labute approximate surface area is 298 Å². The third kappa shape index (κ3) is 39.7. The van der Waals surface area contributed by atoms with E-state index in [2.05, 4.69) is 42.0 Å². The van der Waals surface area contributed by atoms with Crippen LogP contribution in [0.1, 0.15) is 199 Å². The summed E-state index contributed by atoms with van der Waals surface area (Å²) >= 11 is 0. The quantitative estimate of drug-likeness (QED) is 0.0674. The minimum atomic E-state index is -0.723. The average Bonchev–Trinajstić information content (AvgIpc) is 3.10. The number of ketones is 1. The summed E-state index contributed by atoms with van der Waals surface area (Å²) in [7, 11) is 0. The minimum Gasteiger partial charge on any atom is -0.356 e. The van der Waals surface area contributed by atoms with Gasteiger partial charge in [-0.25, -0.2) is 0 Å². The Kier molecular flexibility index (Phi) is 53.5. The summed E-state index contributed by atoms with van der Waals surface area (Å²) in [5.41, 5.74) is 0. The van der Waals surface area contributed by atoms with Gasteiger partial charge in [-0.2, -0.15) is 0 Å². The van der Waals surface area contributed by atoms with Gasteiger partial charge >= 0.3 is 0 Å². The molecule has 288 valence electrons. The van der Waals surface area contributed by atoms with E-state index in [1.54, 1.807) is 0 Å². The smallest absolute Gasteiger partial charge is 0.243 e. The van der Waals surface area contributed by atoms with Crippen molar-refractivity contribution in [1.29, 1.82) is 0 Å². The van der Waals surface area contributed by atoms with E-state index in [0.29, 0.717) is 64.5 Å². The lowest BCUT2D eigenvalue weighted by Crippen LogP contribution is -2.51. The van der Waals surface area contributed by atoms with Crippen molar-refractivity contribution in [2.45, 2.75) is 211 Å². The van der Waals surface area contributed by atoms with Crippen LogP contribution in [-0.2, 0) is 24.0 Å². The Morgan fingerprint density at radius 3 is 1.15 bits per heavy atom. The molecule has 0 aromatic heterocycles. The predicted molar refractivity (Wildman–Crippen MR) is 206 cm³/mol. The number of amides is 4. The molecule has 0 aliphatic rings. The molecule has 0 aliphatic carbocycles. The van der Waals surface area contributed by atoms with Gasteiger partial charge in [-0.15, -0.1) is 0 Å². The number of unbranched alkanes of at least 4 members (excludes halogenated alkanes) is 8. The highest BCUT2D eigenvalue weighted by atomic mass is 16.2. The van der Waals surface area contributed by atoms with E-state index in [0.717, 1.165) is 64.2 Å². The van der Waals surface area contributed by atoms with Gasteiger partial charge in [-0.05, 0) is 64.7 Å². The number of carbonyl (C=O) groups is 5. The van der Waals surface area contributed by atoms with Crippen molar-refractivity contribution in [1.82, 2.24) is 21.3 Å². The lowest BCUT2D eigenvalue weighted by atomic mass is 10.0. The summed E-state index contributed by atoms with van der Waals surface area (Å²) in [5, 5.41) is 11.6. The van der Waals surface area contributed by atoms with Crippen LogP contribution in [0.4, 0.5) is 0 Å². The van der Waals surface area contributed by atoms with Crippen LogP contribution < -0.4 is 21.3 Å². The number of hydrogen-bond donors (Lipinski definition) is 4. The Morgan fingerprint density at radius 1 is 0.438 bits per heavy atom. The third-order valence-electron chi connectivity index (χ3n) is 6.96. The topological polar surface area (TPSA) is 133 Å². The lowest BCUT2D eigenvalue weighted by Gasteiger charge is -2.22. The van der Waals surface area contributed by atoms with Crippen molar-refractivity contribution in [2.24, 2.45) is 0 Å². The Hall–Kier alpha value is -2.45. The molecule has 0 heterocycles. The number of Topliss-reactive ketones (excluding diaryl/α,β-unsaturated/α-hetero) is 1. The Balaban J connectivity index is -0.000000711. The molecular weight excluding hydrogens is 604 g/mol. The average molecular weight is 687 g/mol. The molecule has 4 amide bonds. The molecule has 2 atom stereocenters. The van der Waals surface area contributed by atoms with Crippen LogP contribution >= 0.6 is 0 Å². The van der Waals surface area contributed by atoms with E-state index in [1.807, 2.05) is 55.4 Å². The first-order chi connectivity index (χ1) is 23.2. The fraction of sp³-hybridized carbons (Fsp3) is 0.872. The Bertz CT molecular complexity index is 731. The summed E-state index contributed by atoms with van der Waals surface area (Å²) in [4.78, 5) is 61.7. The maximum absolute atomic E-state index is 13.1. The lowest BCUT2D eigenvalue weighted by molar-refractivity contribution is -0.131. The first-order valence-corrected chi connectivity index (χ1v) is 19.9. The van der Waals surface area contributed by atoms with Crippen LogP contribution in [0.25, 0.3) is 0 Å². The van der Waals surface area contributed by atoms with E-state index in [4.69, 9.17) is 0 Å². The Morgan fingerprint density at radius 2 is 0.792 bits per heavy atom. The van der Waals surface area contributed by atoms with Crippen LogP contribution in [0, 0.1) is 0 Å². The molecule has 0 aromatic rings. The largest absolute Gasteiger partial charge is 0.356 e. The van der Waals surface area contributed by atoms with E-state index in [-0.39, 0.29) is 29.4 Å². The molecule has 0 saturated carbocycles. The zero-order valence-corrected chi connectivity index (χ0v) is 33.8. The van der Waals surface area contributed by atoms with E-state index in [1.165, 1.54) is 6.92 Å². The summed E-state index contributed by atoms with van der Waals surface area (Å²) in [5.74, 6) is -0.537. The molecule has 0 bridgehead atoms. The number of nitrogens with one attached hydrogen (secondary N) is 4. The first-order valence-electron chi connectivity index (χ1n) is 19.9. The molecule has 48 heavy (non-hydrogen) atoms. The normalized spacial score (nSPS) is 10.8. The van der Waals surface area contributed by atoms with Crippen LogP contribution in [0.5, 0.6) is 0 Å². The fourth-order valence-corrected chi connectivity index (χ4v) is 4.37. The number of hydrogen-bond acceptors (Lipinski definition) is 5. The van der Waals surface area contributed by atoms with Gasteiger partial charge in [0.2, 0.25) is 23.6 Å². The van der Waals surface area contributed by atoms with Crippen molar-refractivity contribution in [3.8, 4) is 0 Å². The van der Waals surface area contributed by atoms with E-state index < -0.39 is 12.1 Å². The van der Waals surface area contributed by atoms with Crippen molar-refractivity contribution < 1.29 is 24.0 Å². The molecular formula is C39H82N4O5. The number of rotatable bonds is 26. The van der Waals surface area contributed by atoms with Gasteiger partial charge in [-0.1, -0.05) is 115 Å². The second-order valence-corrected chi connectivity index (χ2v) is 10.9. The van der Waals surface area contributed by atoms with Gasteiger partial charge in [-0.3, -0.25) is 24.0 Å². The standard InChI is InChI=1S/C31H58N4O5.4C2H6/c1-5-8-11-20-28(37)32-23-16-14-18-26(25(4)36)35-31(40)27(34-30(39)22-13-10-7-3)19-15-17-24-33-29(38)21-12-9-6-2;4*1-2/h26-27H,5-24H2,1-4H3,(H,32,37)(H,33,38)(H,34,39)(H,35,40);4*1-2H3.